The van der Waals surface area contributed by atoms with Crippen molar-refractivity contribution < 1.29 is 1.43 Å². The molecule has 0 fully saturated rings. The minimum Gasteiger partial charge on any atom is -0.361 e. The van der Waals surface area contributed by atoms with Crippen molar-refractivity contribution >= 4 is 12.2 Å². The molecule has 0 radical (unpaired) electrons. The zero-order chi connectivity index (χ0) is 8.69. The third kappa shape index (κ3) is 2.46. The van der Waals surface area contributed by atoms with Crippen LogP contribution >= 0.6 is 0 Å². The molecule has 0 saturated heterocycles. The summed E-state index contributed by atoms with van der Waals surface area (Å²) in [5.74, 6) is 0. The van der Waals surface area contributed by atoms with Crippen LogP contribution in [0.1, 0.15) is 26.5 Å². The first-order valence-corrected chi connectivity index (χ1v) is 3.80. The first kappa shape index (κ1) is 9.76. The van der Waals surface area contributed by atoms with Gasteiger partial charge in [0, 0.05) is 13.3 Å². The molecule has 0 aliphatic carbocycles. The molecule has 1 rings (SSSR count). The predicted octanol–water partition coefficient (Wildman–Crippen LogP) is 3.57. The summed E-state index contributed by atoms with van der Waals surface area (Å²) in [5, 5.41) is 0. The molecule has 0 aliphatic heterocycles. The molecular formula is C10H17N. The highest BCUT2D eigenvalue weighted by Gasteiger charge is 1.91. The van der Waals surface area contributed by atoms with Crippen molar-refractivity contribution in [2.24, 2.45) is 0 Å². The molecule has 0 amide bonds. The molecule has 0 aliphatic rings. The van der Waals surface area contributed by atoms with Gasteiger partial charge in [0.15, 0.2) is 0 Å². The third-order valence-corrected chi connectivity index (χ3v) is 1.24. The SMILES string of the molecule is C=Cc1cc[nH]c1C=C.CC.[HH]. The first-order valence-electron chi connectivity index (χ1n) is 3.80. The summed E-state index contributed by atoms with van der Waals surface area (Å²) in [6.45, 7) is 11.3. The van der Waals surface area contributed by atoms with E-state index in [0.717, 1.165) is 11.3 Å². The van der Waals surface area contributed by atoms with Gasteiger partial charge in [0.2, 0.25) is 0 Å². The summed E-state index contributed by atoms with van der Waals surface area (Å²) >= 11 is 0. The average Bonchev–Trinajstić information content (AvgIpc) is 2.54. The van der Waals surface area contributed by atoms with E-state index < -0.39 is 0 Å². The van der Waals surface area contributed by atoms with Crippen LogP contribution in [0.5, 0.6) is 0 Å². The van der Waals surface area contributed by atoms with E-state index in [9.17, 15) is 0 Å². The van der Waals surface area contributed by atoms with Gasteiger partial charge in [0.05, 0.1) is 0 Å². The quantitative estimate of drug-likeness (QED) is 0.665. The highest BCUT2D eigenvalue weighted by molar-refractivity contribution is 5.60. The van der Waals surface area contributed by atoms with E-state index in [1.165, 1.54) is 0 Å². The Hall–Kier alpha value is -1.24. The fraction of sp³-hybridized carbons (Fsp3) is 0.200. The molecule has 1 heteroatoms. The maximum Gasteiger partial charge on any atom is 0.0447 e. The smallest absolute Gasteiger partial charge is 0.0447 e. The van der Waals surface area contributed by atoms with E-state index in [4.69, 9.17) is 0 Å². The van der Waals surface area contributed by atoms with Crippen LogP contribution in [-0.4, -0.2) is 4.98 Å². The summed E-state index contributed by atoms with van der Waals surface area (Å²) in [6.07, 6.45) is 5.44. The molecule has 0 aromatic carbocycles. The minimum atomic E-state index is 0. The van der Waals surface area contributed by atoms with Crippen molar-refractivity contribution in [3.8, 4) is 0 Å². The third-order valence-electron chi connectivity index (χ3n) is 1.24. The summed E-state index contributed by atoms with van der Waals surface area (Å²) in [4.78, 5) is 3.02. The number of rotatable bonds is 2. The van der Waals surface area contributed by atoms with Crippen LogP contribution in [0.3, 0.4) is 0 Å². The molecule has 62 valence electrons. The Balaban J connectivity index is 0. The van der Waals surface area contributed by atoms with Gasteiger partial charge in [-0.2, -0.15) is 0 Å². The highest BCUT2D eigenvalue weighted by Crippen LogP contribution is 2.07. The van der Waals surface area contributed by atoms with Crippen LogP contribution < -0.4 is 0 Å². The van der Waals surface area contributed by atoms with E-state index in [1.807, 2.05) is 26.1 Å². The molecule has 1 heterocycles. The standard InChI is InChI=1S/C8H9N.C2H6.H2/c1-3-7-5-6-9-8(7)4-2;1-2;/h3-6,9H,1-2H2;1-2H3;1H. The molecule has 0 bridgehead atoms. The van der Waals surface area contributed by atoms with Crippen LogP contribution in [0.15, 0.2) is 25.4 Å². The van der Waals surface area contributed by atoms with E-state index >= 15 is 0 Å². The van der Waals surface area contributed by atoms with Gasteiger partial charge < -0.3 is 4.98 Å². The lowest BCUT2D eigenvalue weighted by atomic mass is 10.2. The molecule has 0 spiro atoms. The Morgan fingerprint density at radius 1 is 1.36 bits per heavy atom. The summed E-state index contributed by atoms with van der Waals surface area (Å²) in [5.41, 5.74) is 2.13. The van der Waals surface area contributed by atoms with Crippen molar-refractivity contribution in [2.75, 3.05) is 0 Å². The zero-order valence-electron chi connectivity index (χ0n) is 7.22. The summed E-state index contributed by atoms with van der Waals surface area (Å²) < 4.78 is 0. The van der Waals surface area contributed by atoms with Gasteiger partial charge in [-0.25, -0.2) is 0 Å². The fourth-order valence-electron chi connectivity index (χ4n) is 0.749. The van der Waals surface area contributed by atoms with E-state index in [0.29, 0.717) is 0 Å². The summed E-state index contributed by atoms with van der Waals surface area (Å²) in [6, 6.07) is 1.96. The van der Waals surface area contributed by atoms with Crippen molar-refractivity contribution in [3.63, 3.8) is 0 Å². The van der Waals surface area contributed by atoms with Crippen molar-refractivity contribution in [1.29, 1.82) is 0 Å². The molecule has 1 N–H and O–H groups in total. The Labute approximate surface area is 69.9 Å². The van der Waals surface area contributed by atoms with Crippen LogP contribution in [0.25, 0.3) is 12.2 Å². The highest BCUT2D eigenvalue weighted by atomic mass is 14.7. The maximum atomic E-state index is 3.64. The lowest BCUT2D eigenvalue weighted by Gasteiger charge is -1.86. The van der Waals surface area contributed by atoms with Gasteiger partial charge in [-0.3, -0.25) is 0 Å². The van der Waals surface area contributed by atoms with E-state index in [1.54, 1.807) is 12.2 Å². The normalized spacial score (nSPS) is 7.82. The molecule has 1 nitrogen and oxygen atoms in total. The van der Waals surface area contributed by atoms with Gasteiger partial charge in [-0.15, -0.1) is 0 Å². The van der Waals surface area contributed by atoms with Crippen molar-refractivity contribution in [3.05, 3.63) is 36.7 Å². The second kappa shape index (κ2) is 5.54. The Bertz CT molecular complexity index is 203. The Kier molecular flexibility index (Phi) is 4.91. The lowest BCUT2D eigenvalue weighted by molar-refractivity contribution is 1.37. The van der Waals surface area contributed by atoms with Gasteiger partial charge in [0.25, 0.3) is 0 Å². The second-order valence-corrected chi connectivity index (χ2v) is 1.75. The number of nitrogens with one attached hydrogen (secondary N) is 1. The maximum absolute atomic E-state index is 3.64. The molecule has 0 saturated carbocycles. The Morgan fingerprint density at radius 3 is 2.36 bits per heavy atom. The molecule has 0 atom stereocenters. The first-order chi connectivity index (χ1) is 5.38. The fourth-order valence-corrected chi connectivity index (χ4v) is 0.749. The largest absolute Gasteiger partial charge is 0.361 e. The summed E-state index contributed by atoms with van der Waals surface area (Å²) in [7, 11) is 0. The molecule has 0 unspecified atom stereocenters. The number of hydrogen-bond donors (Lipinski definition) is 1. The number of aromatic amines is 1. The van der Waals surface area contributed by atoms with E-state index in [-0.39, 0.29) is 1.43 Å². The lowest BCUT2D eigenvalue weighted by Crippen LogP contribution is -1.70. The van der Waals surface area contributed by atoms with E-state index in [2.05, 4.69) is 18.1 Å². The molecular weight excluding hydrogens is 134 g/mol. The number of aromatic nitrogens is 1. The minimum absolute atomic E-state index is 0. The molecule has 1 aromatic rings. The number of H-pyrrole nitrogens is 1. The van der Waals surface area contributed by atoms with Crippen LogP contribution in [0.2, 0.25) is 0 Å². The average molecular weight is 151 g/mol. The zero-order valence-corrected chi connectivity index (χ0v) is 7.22. The van der Waals surface area contributed by atoms with Gasteiger partial charge in [0.1, 0.15) is 0 Å². The van der Waals surface area contributed by atoms with Crippen LogP contribution in [0.4, 0.5) is 0 Å². The van der Waals surface area contributed by atoms with Gasteiger partial charge in [-0.05, 0) is 17.7 Å². The topological polar surface area (TPSA) is 15.8 Å². The van der Waals surface area contributed by atoms with Gasteiger partial charge >= 0.3 is 0 Å². The molecule has 11 heavy (non-hydrogen) atoms. The molecule has 1 aromatic heterocycles. The van der Waals surface area contributed by atoms with Crippen LogP contribution in [-0.2, 0) is 0 Å². The second-order valence-electron chi connectivity index (χ2n) is 1.75. The number of hydrogen-bond acceptors (Lipinski definition) is 0. The van der Waals surface area contributed by atoms with Crippen LogP contribution in [0, 0.1) is 0 Å². The monoisotopic (exact) mass is 151 g/mol. The predicted molar refractivity (Wildman–Crippen MR) is 54.4 cm³/mol. The van der Waals surface area contributed by atoms with Crippen molar-refractivity contribution in [1.82, 2.24) is 4.98 Å². The van der Waals surface area contributed by atoms with Crippen molar-refractivity contribution in [2.45, 2.75) is 13.8 Å². The van der Waals surface area contributed by atoms with Gasteiger partial charge in [-0.1, -0.05) is 33.1 Å². The Morgan fingerprint density at radius 2 is 2.00 bits per heavy atom.